The lowest BCUT2D eigenvalue weighted by molar-refractivity contribution is 0.399. The number of thiazole rings is 1. The largest absolute Gasteiger partial charge is 0.316 e. The smallest absolute Gasteiger partial charge is 0.0794 e. The summed E-state index contributed by atoms with van der Waals surface area (Å²) in [6.07, 6.45) is 1.14. The van der Waals surface area contributed by atoms with E-state index in [9.17, 15) is 0 Å². The van der Waals surface area contributed by atoms with Crippen LogP contribution in [-0.2, 0) is 0 Å². The maximum absolute atomic E-state index is 6.10. The lowest BCUT2D eigenvalue weighted by Crippen LogP contribution is -2.34. The number of nitrogens with zero attached hydrogens (tertiary/aromatic N) is 1. The van der Waals surface area contributed by atoms with E-state index < -0.39 is 0 Å². The van der Waals surface area contributed by atoms with Gasteiger partial charge in [-0.05, 0) is 30.7 Å². The Kier molecular flexibility index (Phi) is 3.64. The predicted molar refractivity (Wildman–Crippen MR) is 76.5 cm³/mol. The molecule has 0 radical (unpaired) electrons. The first-order chi connectivity index (χ1) is 8.84. The standard InChI is InChI=1S/C14H15ClN2S/c15-11-3-1-2-10(6-11)13-7-16-5-4-12(13)14-8-18-9-17-14/h1-3,6,8-9,12-13,16H,4-5,7H2. The van der Waals surface area contributed by atoms with Gasteiger partial charge in [0.05, 0.1) is 11.2 Å². The van der Waals surface area contributed by atoms with Crippen LogP contribution in [0.1, 0.15) is 29.5 Å². The zero-order chi connectivity index (χ0) is 12.4. The molecule has 0 spiro atoms. The second kappa shape index (κ2) is 5.39. The maximum Gasteiger partial charge on any atom is 0.0794 e. The van der Waals surface area contributed by atoms with Crippen LogP contribution in [0.15, 0.2) is 35.2 Å². The second-order valence-electron chi connectivity index (χ2n) is 4.67. The zero-order valence-electron chi connectivity index (χ0n) is 9.97. The van der Waals surface area contributed by atoms with E-state index in [-0.39, 0.29) is 0 Å². The molecule has 1 saturated heterocycles. The van der Waals surface area contributed by atoms with Crippen molar-refractivity contribution in [2.75, 3.05) is 13.1 Å². The van der Waals surface area contributed by atoms with Gasteiger partial charge in [0.2, 0.25) is 0 Å². The SMILES string of the molecule is Clc1cccc(C2CNCCC2c2cscn2)c1. The van der Waals surface area contributed by atoms with Gasteiger partial charge in [0.1, 0.15) is 0 Å². The van der Waals surface area contributed by atoms with E-state index in [1.54, 1.807) is 11.3 Å². The monoisotopic (exact) mass is 278 g/mol. The molecule has 0 amide bonds. The number of hydrogen-bond acceptors (Lipinski definition) is 3. The Morgan fingerprint density at radius 1 is 1.33 bits per heavy atom. The Morgan fingerprint density at radius 3 is 3.06 bits per heavy atom. The number of piperidine rings is 1. The van der Waals surface area contributed by atoms with Crippen LogP contribution >= 0.6 is 22.9 Å². The molecule has 1 N–H and O–H groups in total. The van der Waals surface area contributed by atoms with Gasteiger partial charge in [-0.2, -0.15) is 0 Å². The van der Waals surface area contributed by atoms with Crippen molar-refractivity contribution in [1.29, 1.82) is 0 Å². The third-order valence-corrected chi connectivity index (χ3v) is 4.43. The van der Waals surface area contributed by atoms with Crippen molar-refractivity contribution >= 4 is 22.9 Å². The first-order valence-electron chi connectivity index (χ1n) is 6.19. The number of rotatable bonds is 2. The Bertz CT molecular complexity index is 512. The molecule has 4 heteroatoms. The highest BCUT2D eigenvalue weighted by atomic mass is 35.5. The van der Waals surface area contributed by atoms with Gasteiger partial charge < -0.3 is 5.32 Å². The Morgan fingerprint density at radius 2 is 2.28 bits per heavy atom. The first-order valence-corrected chi connectivity index (χ1v) is 7.51. The third kappa shape index (κ3) is 2.44. The molecule has 0 aliphatic carbocycles. The molecule has 1 aliphatic rings. The van der Waals surface area contributed by atoms with Gasteiger partial charge in [-0.25, -0.2) is 4.98 Å². The normalized spacial score (nSPS) is 24.1. The lowest BCUT2D eigenvalue weighted by atomic mass is 9.80. The van der Waals surface area contributed by atoms with Crippen molar-refractivity contribution in [3.05, 3.63) is 51.4 Å². The van der Waals surface area contributed by atoms with Crippen LogP contribution in [0.25, 0.3) is 0 Å². The van der Waals surface area contributed by atoms with Crippen LogP contribution < -0.4 is 5.32 Å². The molecule has 3 rings (SSSR count). The fourth-order valence-electron chi connectivity index (χ4n) is 2.70. The molecular weight excluding hydrogens is 264 g/mol. The summed E-state index contributed by atoms with van der Waals surface area (Å²) in [5.41, 5.74) is 4.46. The highest BCUT2D eigenvalue weighted by Gasteiger charge is 2.28. The highest BCUT2D eigenvalue weighted by Crippen LogP contribution is 2.37. The van der Waals surface area contributed by atoms with Crippen LogP contribution in [0.5, 0.6) is 0 Å². The summed E-state index contributed by atoms with van der Waals surface area (Å²) >= 11 is 7.78. The molecular formula is C14H15ClN2S. The number of aromatic nitrogens is 1. The van der Waals surface area contributed by atoms with Crippen LogP contribution in [0.4, 0.5) is 0 Å². The number of halogens is 1. The van der Waals surface area contributed by atoms with Crippen molar-refractivity contribution in [1.82, 2.24) is 10.3 Å². The van der Waals surface area contributed by atoms with Crippen LogP contribution in [0.3, 0.4) is 0 Å². The molecule has 94 valence electrons. The van der Waals surface area contributed by atoms with E-state index in [1.807, 2.05) is 17.6 Å². The summed E-state index contributed by atoms with van der Waals surface area (Å²) in [5, 5.41) is 6.47. The molecule has 2 heterocycles. The Balaban J connectivity index is 1.93. The number of hydrogen-bond donors (Lipinski definition) is 1. The minimum Gasteiger partial charge on any atom is -0.316 e. The molecule has 1 fully saturated rings. The number of benzene rings is 1. The van der Waals surface area contributed by atoms with Gasteiger partial charge in [0, 0.05) is 28.8 Å². The molecule has 0 saturated carbocycles. The van der Waals surface area contributed by atoms with E-state index in [4.69, 9.17) is 11.6 Å². The van der Waals surface area contributed by atoms with Crippen molar-refractivity contribution in [3.8, 4) is 0 Å². The van der Waals surface area contributed by atoms with E-state index in [1.165, 1.54) is 11.3 Å². The van der Waals surface area contributed by atoms with Gasteiger partial charge >= 0.3 is 0 Å². The predicted octanol–water partition coefficient (Wildman–Crippen LogP) is 3.66. The fraction of sp³-hybridized carbons (Fsp3) is 0.357. The topological polar surface area (TPSA) is 24.9 Å². The summed E-state index contributed by atoms with van der Waals surface area (Å²) in [5.74, 6) is 0.982. The number of nitrogens with one attached hydrogen (secondary N) is 1. The van der Waals surface area contributed by atoms with E-state index in [2.05, 4.69) is 27.8 Å². The van der Waals surface area contributed by atoms with Gasteiger partial charge in [-0.3, -0.25) is 0 Å². The minimum atomic E-state index is 0.472. The van der Waals surface area contributed by atoms with Gasteiger partial charge in [-0.1, -0.05) is 23.7 Å². The zero-order valence-corrected chi connectivity index (χ0v) is 11.5. The molecule has 18 heavy (non-hydrogen) atoms. The minimum absolute atomic E-state index is 0.472. The molecule has 1 aliphatic heterocycles. The molecule has 2 aromatic rings. The molecule has 2 atom stereocenters. The Hall–Kier alpha value is -0.900. The van der Waals surface area contributed by atoms with E-state index >= 15 is 0 Å². The molecule has 1 aromatic heterocycles. The van der Waals surface area contributed by atoms with Crippen molar-refractivity contribution in [3.63, 3.8) is 0 Å². The summed E-state index contributed by atoms with van der Waals surface area (Å²) in [6, 6.07) is 8.21. The first kappa shape index (κ1) is 12.2. The van der Waals surface area contributed by atoms with Crippen LogP contribution in [0.2, 0.25) is 5.02 Å². The van der Waals surface area contributed by atoms with Gasteiger partial charge in [0.25, 0.3) is 0 Å². The van der Waals surface area contributed by atoms with Crippen molar-refractivity contribution in [2.24, 2.45) is 0 Å². The van der Waals surface area contributed by atoms with Crippen LogP contribution in [-0.4, -0.2) is 18.1 Å². The molecule has 1 aromatic carbocycles. The van der Waals surface area contributed by atoms with Crippen molar-refractivity contribution < 1.29 is 0 Å². The highest BCUT2D eigenvalue weighted by molar-refractivity contribution is 7.07. The summed E-state index contributed by atoms with van der Waals surface area (Å²) in [7, 11) is 0. The Labute approximate surface area is 116 Å². The van der Waals surface area contributed by atoms with Crippen molar-refractivity contribution in [2.45, 2.75) is 18.3 Å². The van der Waals surface area contributed by atoms with E-state index in [0.717, 1.165) is 24.5 Å². The van der Waals surface area contributed by atoms with Gasteiger partial charge in [0.15, 0.2) is 0 Å². The fourth-order valence-corrected chi connectivity index (χ4v) is 3.52. The van der Waals surface area contributed by atoms with E-state index in [0.29, 0.717) is 11.8 Å². The summed E-state index contributed by atoms with van der Waals surface area (Å²) in [6.45, 7) is 2.07. The molecule has 2 nitrogen and oxygen atoms in total. The molecule has 0 bridgehead atoms. The van der Waals surface area contributed by atoms with Crippen LogP contribution in [0, 0.1) is 0 Å². The summed E-state index contributed by atoms with van der Waals surface area (Å²) < 4.78 is 0. The van der Waals surface area contributed by atoms with Gasteiger partial charge in [-0.15, -0.1) is 11.3 Å². The molecule has 2 unspecified atom stereocenters. The lowest BCUT2D eigenvalue weighted by Gasteiger charge is -2.31. The average Bonchev–Trinajstić information content (AvgIpc) is 2.92. The quantitative estimate of drug-likeness (QED) is 0.907. The maximum atomic E-state index is 6.10. The second-order valence-corrected chi connectivity index (χ2v) is 5.83. The third-order valence-electron chi connectivity index (χ3n) is 3.59. The average molecular weight is 279 g/mol. The summed E-state index contributed by atoms with van der Waals surface area (Å²) in [4.78, 5) is 4.50.